The molecule has 2 N–H and O–H groups in total. The third-order valence-electron chi connectivity index (χ3n) is 7.87. The van der Waals surface area contributed by atoms with Crippen molar-refractivity contribution in [2.24, 2.45) is 0 Å². The number of benzene rings is 2. The maximum atomic E-state index is 14.8. The van der Waals surface area contributed by atoms with Crippen LogP contribution in [0.15, 0.2) is 36.4 Å². The molecule has 0 atom stereocenters. The van der Waals surface area contributed by atoms with Crippen LogP contribution in [0, 0.1) is 18.6 Å². The SMILES string of the molecule is Cc1c(C=C2C(=O)Nc3cccc(-c4cccc(F)c4F)c32)[nH]c2c1C(=O)N(CCN1CCOCC1)CCC2. The predicted molar refractivity (Wildman–Crippen MR) is 145 cm³/mol. The number of carbonyl (C=O) groups excluding carboxylic acids is 2. The number of hydrogen-bond donors (Lipinski definition) is 2. The first-order chi connectivity index (χ1) is 18.9. The van der Waals surface area contributed by atoms with Crippen LogP contribution in [-0.4, -0.2) is 72.5 Å². The topological polar surface area (TPSA) is 77.7 Å². The molecule has 3 aliphatic rings. The molecule has 0 aliphatic carbocycles. The lowest BCUT2D eigenvalue weighted by Gasteiger charge is -2.29. The minimum Gasteiger partial charge on any atom is -0.379 e. The molecule has 3 aliphatic heterocycles. The first-order valence-electron chi connectivity index (χ1n) is 13.3. The Hall–Kier alpha value is -3.82. The van der Waals surface area contributed by atoms with Gasteiger partial charge < -0.3 is 19.9 Å². The van der Waals surface area contributed by atoms with Crippen molar-refractivity contribution in [3.8, 4) is 11.1 Å². The highest BCUT2D eigenvalue weighted by Crippen LogP contribution is 2.42. The number of hydrogen-bond acceptors (Lipinski definition) is 4. The average molecular weight is 533 g/mol. The average Bonchev–Trinajstić information content (AvgIpc) is 3.37. The van der Waals surface area contributed by atoms with Gasteiger partial charge >= 0.3 is 0 Å². The van der Waals surface area contributed by atoms with Crippen LogP contribution in [0.1, 0.15) is 39.3 Å². The van der Waals surface area contributed by atoms with Crippen LogP contribution >= 0.6 is 0 Å². The number of carbonyl (C=O) groups is 2. The molecule has 4 heterocycles. The van der Waals surface area contributed by atoms with Crippen molar-refractivity contribution in [1.82, 2.24) is 14.8 Å². The summed E-state index contributed by atoms with van der Waals surface area (Å²) in [4.78, 5) is 34.3. The molecule has 0 saturated carbocycles. The van der Waals surface area contributed by atoms with E-state index >= 15 is 0 Å². The molecule has 7 nitrogen and oxygen atoms in total. The zero-order valence-electron chi connectivity index (χ0n) is 21.8. The smallest absolute Gasteiger partial charge is 0.256 e. The zero-order valence-corrected chi connectivity index (χ0v) is 21.8. The van der Waals surface area contributed by atoms with Crippen LogP contribution in [0.3, 0.4) is 0 Å². The van der Waals surface area contributed by atoms with Gasteiger partial charge in [-0.15, -0.1) is 0 Å². The third kappa shape index (κ3) is 4.66. The maximum absolute atomic E-state index is 14.8. The Bertz CT molecular complexity index is 1490. The van der Waals surface area contributed by atoms with Crippen LogP contribution in [0.25, 0.3) is 22.8 Å². The molecule has 39 heavy (non-hydrogen) atoms. The second-order valence-electron chi connectivity index (χ2n) is 10.2. The number of aromatic nitrogens is 1. The van der Waals surface area contributed by atoms with Gasteiger partial charge in [-0.25, -0.2) is 8.78 Å². The lowest BCUT2D eigenvalue weighted by Crippen LogP contribution is -2.43. The van der Waals surface area contributed by atoms with Gasteiger partial charge in [0.05, 0.1) is 24.4 Å². The Kier molecular flexibility index (Phi) is 6.78. The van der Waals surface area contributed by atoms with Gasteiger partial charge in [0.1, 0.15) is 0 Å². The molecule has 6 rings (SSSR count). The minimum atomic E-state index is -0.963. The second kappa shape index (κ2) is 10.4. The van der Waals surface area contributed by atoms with Gasteiger partial charge in [-0.3, -0.25) is 14.5 Å². The quantitative estimate of drug-likeness (QED) is 0.475. The standard InChI is InChI=1S/C30H30F2N4O3/c1-18-25(33-23-9-4-10-36(30(38)26(18)23)12-11-35-13-15-39-16-14-35)17-21-27-19(5-3-8-24(27)34-29(21)37)20-6-2-7-22(31)28(20)32/h2-3,5-8,17,33H,4,9-16H2,1H3,(H,34,37). The lowest BCUT2D eigenvalue weighted by atomic mass is 9.93. The number of nitrogens with one attached hydrogen (secondary N) is 2. The number of morpholine rings is 1. The van der Waals surface area contributed by atoms with Crippen molar-refractivity contribution in [3.63, 3.8) is 0 Å². The van der Waals surface area contributed by atoms with Gasteiger partial charge in [0.25, 0.3) is 11.8 Å². The third-order valence-corrected chi connectivity index (χ3v) is 7.87. The summed E-state index contributed by atoms with van der Waals surface area (Å²) in [6.07, 6.45) is 3.28. The van der Waals surface area contributed by atoms with Gasteiger partial charge in [0, 0.05) is 60.9 Å². The first kappa shape index (κ1) is 25.5. The molecular formula is C30H30F2N4O3. The van der Waals surface area contributed by atoms with Crippen molar-refractivity contribution in [2.75, 3.05) is 51.3 Å². The summed E-state index contributed by atoms with van der Waals surface area (Å²) in [7, 11) is 0. The maximum Gasteiger partial charge on any atom is 0.256 e. The predicted octanol–water partition coefficient (Wildman–Crippen LogP) is 4.48. The molecule has 3 aromatic rings. The number of amides is 2. The van der Waals surface area contributed by atoms with Crippen LogP contribution in [-0.2, 0) is 16.0 Å². The fourth-order valence-electron chi connectivity index (χ4n) is 5.78. The number of aromatic amines is 1. The van der Waals surface area contributed by atoms with E-state index in [2.05, 4.69) is 15.2 Å². The van der Waals surface area contributed by atoms with Crippen molar-refractivity contribution in [3.05, 3.63) is 76.1 Å². The normalized spacial score (nSPS) is 18.7. The summed E-state index contributed by atoms with van der Waals surface area (Å²) in [5.41, 5.74) is 4.83. The van der Waals surface area contributed by atoms with E-state index in [4.69, 9.17) is 4.74 Å². The zero-order chi connectivity index (χ0) is 27.1. The minimum absolute atomic E-state index is 0.00652. The number of anilines is 1. The van der Waals surface area contributed by atoms with Crippen LogP contribution in [0.5, 0.6) is 0 Å². The van der Waals surface area contributed by atoms with E-state index in [0.717, 1.165) is 63.0 Å². The molecule has 0 bridgehead atoms. The van der Waals surface area contributed by atoms with E-state index in [-0.39, 0.29) is 17.4 Å². The molecule has 0 unspecified atom stereocenters. The number of fused-ring (bicyclic) bond motifs is 2. The van der Waals surface area contributed by atoms with Gasteiger partial charge in [-0.2, -0.15) is 0 Å². The molecule has 1 fully saturated rings. The van der Waals surface area contributed by atoms with Crippen LogP contribution in [0.2, 0.25) is 0 Å². The van der Waals surface area contributed by atoms with Crippen molar-refractivity contribution in [1.29, 1.82) is 0 Å². The fraction of sp³-hybridized carbons (Fsp3) is 0.333. The van der Waals surface area contributed by atoms with E-state index < -0.39 is 11.6 Å². The summed E-state index contributed by atoms with van der Waals surface area (Å²) < 4.78 is 34.3. The highest BCUT2D eigenvalue weighted by Gasteiger charge is 2.31. The molecule has 1 saturated heterocycles. The molecule has 202 valence electrons. The number of aryl methyl sites for hydroxylation is 1. The number of rotatable bonds is 5. The van der Waals surface area contributed by atoms with Crippen LogP contribution < -0.4 is 5.32 Å². The van der Waals surface area contributed by atoms with E-state index in [0.29, 0.717) is 46.7 Å². The Balaban J connectivity index is 1.34. The Morgan fingerprint density at radius 3 is 2.56 bits per heavy atom. The lowest BCUT2D eigenvalue weighted by molar-refractivity contribution is -0.110. The van der Waals surface area contributed by atoms with Crippen molar-refractivity contribution < 1.29 is 23.1 Å². The number of halogens is 2. The fourth-order valence-corrected chi connectivity index (χ4v) is 5.78. The molecule has 1 aromatic heterocycles. The number of nitrogens with zero attached hydrogens (tertiary/aromatic N) is 2. The number of H-pyrrole nitrogens is 1. The van der Waals surface area contributed by atoms with E-state index in [1.165, 1.54) is 12.1 Å². The Labute approximate surface area is 225 Å². The van der Waals surface area contributed by atoms with Gasteiger partial charge in [-0.1, -0.05) is 24.3 Å². The molecule has 9 heteroatoms. The van der Waals surface area contributed by atoms with Gasteiger partial charge in [-0.05, 0) is 49.1 Å². The van der Waals surface area contributed by atoms with E-state index in [1.807, 2.05) is 11.8 Å². The van der Waals surface area contributed by atoms with Crippen LogP contribution in [0.4, 0.5) is 14.5 Å². The van der Waals surface area contributed by atoms with E-state index in [9.17, 15) is 18.4 Å². The molecule has 0 radical (unpaired) electrons. The Morgan fingerprint density at radius 2 is 1.74 bits per heavy atom. The summed E-state index contributed by atoms with van der Waals surface area (Å²) in [6, 6.07) is 9.13. The summed E-state index contributed by atoms with van der Waals surface area (Å²) >= 11 is 0. The number of ether oxygens (including phenoxy) is 1. The summed E-state index contributed by atoms with van der Waals surface area (Å²) in [5.74, 6) is -2.26. The largest absolute Gasteiger partial charge is 0.379 e. The summed E-state index contributed by atoms with van der Waals surface area (Å²) in [6.45, 7) is 7.23. The second-order valence-corrected chi connectivity index (χ2v) is 10.2. The summed E-state index contributed by atoms with van der Waals surface area (Å²) in [5, 5.41) is 2.84. The highest BCUT2D eigenvalue weighted by molar-refractivity contribution is 6.36. The molecule has 2 aromatic carbocycles. The van der Waals surface area contributed by atoms with E-state index in [1.54, 1.807) is 24.3 Å². The molecule has 2 amide bonds. The molecule has 0 spiro atoms. The van der Waals surface area contributed by atoms with Gasteiger partial charge in [0.15, 0.2) is 11.6 Å². The monoisotopic (exact) mass is 532 g/mol. The van der Waals surface area contributed by atoms with Crippen molar-refractivity contribution in [2.45, 2.75) is 19.8 Å². The Morgan fingerprint density at radius 1 is 0.974 bits per heavy atom. The first-order valence-corrected chi connectivity index (χ1v) is 13.3. The highest BCUT2D eigenvalue weighted by atomic mass is 19.2. The van der Waals surface area contributed by atoms with Crippen molar-refractivity contribution >= 4 is 29.2 Å². The molecular weight excluding hydrogens is 502 g/mol. The van der Waals surface area contributed by atoms with Gasteiger partial charge in [0.2, 0.25) is 0 Å².